The van der Waals surface area contributed by atoms with Crippen LogP contribution in [0.4, 0.5) is 0 Å². The van der Waals surface area contributed by atoms with Crippen LogP contribution in [0.15, 0.2) is 36.4 Å². The molecule has 2 heteroatoms. The predicted octanol–water partition coefficient (Wildman–Crippen LogP) is 2.78. The average molecular weight is 212 g/mol. The van der Waals surface area contributed by atoms with Crippen molar-refractivity contribution in [2.24, 2.45) is 0 Å². The van der Waals surface area contributed by atoms with Crippen molar-refractivity contribution in [3.8, 4) is 5.75 Å². The lowest BCUT2D eigenvalue weighted by molar-refractivity contribution is -0.109. The van der Waals surface area contributed by atoms with Gasteiger partial charge in [0.25, 0.3) is 0 Å². The summed E-state index contributed by atoms with van der Waals surface area (Å²) in [5.74, 6) is 0.292. The third kappa shape index (κ3) is 1.23. The van der Waals surface area contributed by atoms with Crippen LogP contribution in [-0.2, 0) is 10.2 Å². The Bertz CT molecular complexity index is 568. The summed E-state index contributed by atoms with van der Waals surface area (Å²) >= 11 is 0. The largest absolute Gasteiger partial charge is 0.507 e. The number of benzene rings is 2. The van der Waals surface area contributed by atoms with Gasteiger partial charge in [0.1, 0.15) is 12.0 Å². The summed E-state index contributed by atoms with van der Waals surface area (Å²) in [5.41, 5.74) is 0.834. The van der Waals surface area contributed by atoms with E-state index in [9.17, 15) is 9.90 Å². The molecule has 1 saturated carbocycles. The number of hydrogen-bond donors (Lipinski definition) is 1. The molecular weight excluding hydrogens is 200 g/mol. The number of rotatable bonds is 2. The Morgan fingerprint density at radius 2 is 2.00 bits per heavy atom. The number of aldehydes is 1. The Kier molecular flexibility index (Phi) is 1.81. The molecule has 0 bridgehead atoms. The molecule has 0 heterocycles. The van der Waals surface area contributed by atoms with Crippen molar-refractivity contribution in [1.29, 1.82) is 0 Å². The van der Waals surface area contributed by atoms with Gasteiger partial charge in [-0.15, -0.1) is 0 Å². The minimum Gasteiger partial charge on any atom is -0.507 e. The first-order valence-electron chi connectivity index (χ1n) is 5.44. The van der Waals surface area contributed by atoms with Crippen LogP contribution in [0.25, 0.3) is 10.8 Å². The molecule has 2 nitrogen and oxygen atoms in total. The van der Waals surface area contributed by atoms with Crippen LogP contribution in [0.3, 0.4) is 0 Å². The highest BCUT2D eigenvalue weighted by molar-refractivity contribution is 5.90. The summed E-state index contributed by atoms with van der Waals surface area (Å²) in [4.78, 5) is 11.0. The predicted molar refractivity (Wildman–Crippen MR) is 62.6 cm³/mol. The summed E-state index contributed by atoms with van der Waals surface area (Å²) < 4.78 is 0. The Morgan fingerprint density at radius 3 is 2.69 bits per heavy atom. The molecule has 0 saturated heterocycles. The topological polar surface area (TPSA) is 37.3 Å². The van der Waals surface area contributed by atoms with Crippen molar-refractivity contribution in [2.75, 3.05) is 0 Å². The molecule has 2 aromatic rings. The van der Waals surface area contributed by atoms with Crippen molar-refractivity contribution in [3.63, 3.8) is 0 Å². The molecule has 1 fully saturated rings. The van der Waals surface area contributed by atoms with E-state index < -0.39 is 0 Å². The number of aromatic hydroxyl groups is 1. The molecule has 16 heavy (non-hydrogen) atoms. The molecule has 80 valence electrons. The van der Waals surface area contributed by atoms with E-state index in [1.807, 2.05) is 30.3 Å². The standard InChI is InChI=1S/C14H12O2/c15-9-14(6-7-14)11-4-5-12-10(8-11)2-1-3-13(12)16/h1-5,8-9,16H,6-7H2. The maximum Gasteiger partial charge on any atom is 0.130 e. The third-order valence-corrected chi connectivity index (χ3v) is 3.45. The fourth-order valence-electron chi connectivity index (χ4n) is 2.19. The van der Waals surface area contributed by atoms with Gasteiger partial charge in [0.05, 0.1) is 5.41 Å². The maximum atomic E-state index is 11.0. The molecule has 3 rings (SSSR count). The quantitative estimate of drug-likeness (QED) is 0.777. The van der Waals surface area contributed by atoms with Gasteiger partial charge in [0, 0.05) is 5.39 Å². The van der Waals surface area contributed by atoms with Crippen molar-refractivity contribution in [3.05, 3.63) is 42.0 Å². The van der Waals surface area contributed by atoms with Crippen LogP contribution in [0.5, 0.6) is 5.75 Å². The lowest BCUT2D eigenvalue weighted by Crippen LogP contribution is -2.07. The normalized spacial score (nSPS) is 17.2. The van der Waals surface area contributed by atoms with E-state index in [0.29, 0.717) is 5.75 Å². The van der Waals surface area contributed by atoms with Gasteiger partial charge in [-0.3, -0.25) is 0 Å². The fourth-order valence-corrected chi connectivity index (χ4v) is 2.19. The molecule has 0 aromatic heterocycles. The highest BCUT2D eigenvalue weighted by Gasteiger charge is 2.44. The second kappa shape index (κ2) is 3.08. The molecule has 0 atom stereocenters. The van der Waals surface area contributed by atoms with E-state index in [-0.39, 0.29) is 5.41 Å². The molecular formula is C14H12O2. The van der Waals surface area contributed by atoms with E-state index in [1.165, 1.54) is 0 Å². The molecule has 0 amide bonds. The SMILES string of the molecule is O=CC1(c2ccc3c(O)cccc3c2)CC1. The number of carbonyl (C=O) groups excluding carboxylic acids is 1. The van der Waals surface area contributed by atoms with Crippen molar-refractivity contribution >= 4 is 17.1 Å². The zero-order chi connectivity index (χ0) is 11.2. The number of phenols is 1. The second-order valence-corrected chi connectivity index (χ2v) is 4.49. The highest BCUT2D eigenvalue weighted by atomic mass is 16.3. The number of fused-ring (bicyclic) bond motifs is 1. The lowest BCUT2D eigenvalue weighted by atomic mass is 9.95. The Balaban J connectivity index is 2.20. The van der Waals surface area contributed by atoms with Crippen LogP contribution >= 0.6 is 0 Å². The summed E-state index contributed by atoms with van der Waals surface area (Å²) in [7, 11) is 0. The van der Waals surface area contributed by atoms with Crippen LogP contribution in [0.2, 0.25) is 0 Å². The zero-order valence-electron chi connectivity index (χ0n) is 8.81. The van der Waals surface area contributed by atoms with Gasteiger partial charge in [-0.1, -0.05) is 30.3 Å². The van der Waals surface area contributed by atoms with Crippen molar-refractivity contribution < 1.29 is 9.90 Å². The highest BCUT2D eigenvalue weighted by Crippen LogP contribution is 2.47. The van der Waals surface area contributed by atoms with Crippen LogP contribution in [-0.4, -0.2) is 11.4 Å². The summed E-state index contributed by atoms with van der Waals surface area (Å²) in [6.07, 6.45) is 2.94. The van der Waals surface area contributed by atoms with E-state index >= 15 is 0 Å². The number of phenolic OH excluding ortho intramolecular Hbond substituents is 1. The van der Waals surface area contributed by atoms with E-state index in [4.69, 9.17) is 0 Å². The summed E-state index contributed by atoms with van der Waals surface area (Å²) in [6.45, 7) is 0. The van der Waals surface area contributed by atoms with Gasteiger partial charge in [-0.05, 0) is 29.9 Å². The van der Waals surface area contributed by atoms with Gasteiger partial charge in [-0.25, -0.2) is 0 Å². The van der Waals surface area contributed by atoms with Gasteiger partial charge in [0.15, 0.2) is 0 Å². The van der Waals surface area contributed by atoms with E-state index in [1.54, 1.807) is 6.07 Å². The average Bonchev–Trinajstić information content (AvgIpc) is 3.10. The molecule has 0 aliphatic heterocycles. The van der Waals surface area contributed by atoms with Gasteiger partial charge in [0.2, 0.25) is 0 Å². The zero-order valence-corrected chi connectivity index (χ0v) is 8.81. The smallest absolute Gasteiger partial charge is 0.130 e. The molecule has 0 unspecified atom stereocenters. The lowest BCUT2D eigenvalue weighted by Gasteiger charge is -2.09. The molecule has 1 aliphatic carbocycles. The first-order valence-corrected chi connectivity index (χ1v) is 5.44. The van der Waals surface area contributed by atoms with Crippen molar-refractivity contribution in [1.82, 2.24) is 0 Å². The van der Waals surface area contributed by atoms with Crippen LogP contribution in [0.1, 0.15) is 18.4 Å². The Morgan fingerprint density at radius 1 is 1.19 bits per heavy atom. The molecule has 0 spiro atoms. The van der Waals surface area contributed by atoms with Gasteiger partial charge in [-0.2, -0.15) is 0 Å². The third-order valence-electron chi connectivity index (χ3n) is 3.45. The number of hydrogen-bond acceptors (Lipinski definition) is 2. The fraction of sp³-hybridized carbons (Fsp3) is 0.214. The summed E-state index contributed by atoms with van der Waals surface area (Å²) in [6, 6.07) is 11.3. The molecule has 1 aliphatic rings. The van der Waals surface area contributed by atoms with Crippen LogP contribution in [0, 0.1) is 0 Å². The van der Waals surface area contributed by atoms with Gasteiger partial charge < -0.3 is 9.90 Å². The van der Waals surface area contributed by atoms with Gasteiger partial charge >= 0.3 is 0 Å². The van der Waals surface area contributed by atoms with Crippen molar-refractivity contribution in [2.45, 2.75) is 18.3 Å². The molecule has 1 N–H and O–H groups in total. The minimum atomic E-state index is -0.236. The first-order chi connectivity index (χ1) is 7.75. The minimum absolute atomic E-state index is 0.236. The molecule has 2 aromatic carbocycles. The summed E-state index contributed by atoms with van der Waals surface area (Å²) in [5, 5.41) is 11.5. The monoisotopic (exact) mass is 212 g/mol. The Labute approximate surface area is 93.5 Å². The first kappa shape index (κ1) is 9.40. The maximum absolute atomic E-state index is 11.0. The van der Waals surface area contributed by atoms with E-state index in [2.05, 4.69) is 0 Å². The second-order valence-electron chi connectivity index (χ2n) is 4.49. The van der Waals surface area contributed by atoms with Crippen LogP contribution < -0.4 is 0 Å². The Hall–Kier alpha value is -1.83. The van der Waals surface area contributed by atoms with E-state index in [0.717, 1.165) is 35.5 Å². The molecule has 0 radical (unpaired) electrons. The number of carbonyl (C=O) groups is 1.